The predicted octanol–water partition coefficient (Wildman–Crippen LogP) is 2.90. The number of aliphatic carboxylic acids is 1. The van der Waals surface area contributed by atoms with E-state index >= 15 is 0 Å². The van der Waals surface area contributed by atoms with Crippen LogP contribution < -0.4 is 4.90 Å². The van der Waals surface area contributed by atoms with E-state index in [1.807, 2.05) is 6.07 Å². The van der Waals surface area contributed by atoms with Crippen molar-refractivity contribution in [3.63, 3.8) is 0 Å². The van der Waals surface area contributed by atoms with E-state index in [0.717, 1.165) is 31.6 Å². The highest BCUT2D eigenvalue weighted by atomic mass is 35.5. The minimum Gasteiger partial charge on any atom is -0.481 e. The number of rotatable bonds is 3. The number of carboxylic acids is 1. The van der Waals surface area contributed by atoms with Crippen LogP contribution in [0.1, 0.15) is 24.8 Å². The molecule has 1 heterocycles. The molecule has 1 fully saturated rings. The molecule has 5 heteroatoms. The minimum absolute atomic E-state index is 0.236. The van der Waals surface area contributed by atoms with E-state index in [1.54, 1.807) is 12.1 Å². The van der Waals surface area contributed by atoms with Crippen LogP contribution in [0.15, 0.2) is 18.2 Å². The van der Waals surface area contributed by atoms with Crippen molar-refractivity contribution in [2.45, 2.75) is 19.3 Å². The highest BCUT2D eigenvalue weighted by molar-refractivity contribution is 6.30. The van der Waals surface area contributed by atoms with Gasteiger partial charge in [0, 0.05) is 24.5 Å². The molecule has 0 aromatic heterocycles. The molecule has 1 aromatic carbocycles. The third-order valence-corrected chi connectivity index (χ3v) is 3.73. The molecule has 0 aliphatic carbocycles. The average molecular weight is 279 g/mol. The maximum Gasteiger partial charge on any atom is 0.303 e. The molecule has 0 unspecified atom stereocenters. The zero-order chi connectivity index (χ0) is 13.8. The van der Waals surface area contributed by atoms with E-state index in [0.29, 0.717) is 10.6 Å². The molecule has 1 N–H and O–H groups in total. The van der Waals surface area contributed by atoms with Gasteiger partial charge in [0.15, 0.2) is 0 Å². The summed E-state index contributed by atoms with van der Waals surface area (Å²) in [6.07, 6.45) is 1.93. The number of anilines is 1. The minimum atomic E-state index is -0.734. The molecule has 4 nitrogen and oxygen atoms in total. The molecular weight excluding hydrogens is 264 g/mol. The van der Waals surface area contributed by atoms with Gasteiger partial charge >= 0.3 is 5.97 Å². The summed E-state index contributed by atoms with van der Waals surface area (Å²) in [6, 6.07) is 7.46. The van der Waals surface area contributed by atoms with Crippen molar-refractivity contribution in [1.82, 2.24) is 0 Å². The molecule has 1 saturated heterocycles. The molecule has 0 radical (unpaired) electrons. The van der Waals surface area contributed by atoms with Crippen LogP contribution in [-0.2, 0) is 4.79 Å². The molecule has 1 aliphatic heterocycles. The van der Waals surface area contributed by atoms with Crippen molar-refractivity contribution < 1.29 is 9.90 Å². The van der Waals surface area contributed by atoms with Gasteiger partial charge in [0.1, 0.15) is 6.07 Å². The lowest BCUT2D eigenvalue weighted by Gasteiger charge is -2.33. The Labute approximate surface area is 117 Å². The van der Waals surface area contributed by atoms with Crippen LogP contribution in [0.3, 0.4) is 0 Å². The van der Waals surface area contributed by atoms with Crippen molar-refractivity contribution in [2.75, 3.05) is 18.0 Å². The second kappa shape index (κ2) is 5.94. The van der Waals surface area contributed by atoms with Crippen LogP contribution in [0.25, 0.3) is 0 Å². The summed E-state index contributed by atoms with van der Waals surface area (Å²) in [5.41, 5.74) is 1.46. The first kappa shape index (κ1) is 13.7. The quantitative estimate of drug-likeness (QED) is 0.923. The molecule has 0 spiro atoms. The Morgan fingerprint density at radius 1 is 1.47 bits per heavy atom. The highest BCUT2D eigenvalue weighted by Gasteiger charge is 2.22. The molecule has 100 valence electrons. The molecule has 0 saturated carbocycles. The molecular formula is C14H15ClN2O2. The summed E-state index contributed by atoms with van der Waals surface area (Å²) in [5, 5.41) is 18.5. The number of carbonyl (C=O) groups is 1. The summed E-state index contributed by atoms with van der Waals surface area (Å²) >= 11 is 5.88. The van der Waals surface area contributed by atoms with Crippen LogP contribution in [0.4, 0.5) is 5.69 Å². The standard InChI is InChI=1S/C14H15ClN2O2/c15-12-1-2-13(11(8-12)9-16)17-5-3-10(4-6-17)7-14(18)19/h1-2,8,10H,3-7H2,(H,18,19). The van der Waals surface area contributed by atoms with Gasteiger partial charge in [-0.15, -0.1) is 0 Å². The SMILES string of the molecule is N#Cc1cc(Cl)ccc1N1CCC(CC(=O)O)CC1. The molecule has 0 bridgehead atoms. The molecule has 1 aromatic rings. The van der Waals surface area contributed by atoms with Crippen molar-refractivity contribution in [3.05, 3.63) is 28.8 Å². The molecule has 0 atom stereocenters. The fraction of sp³-hybridized carbons (Fsp3) is 0.429. The van der Waals surface area contributed by atoms with Crippen molar-refractivity contribution in [3.8, 4) is 6.07 Å². The summed E-state index contributed by atoms with van der Waals surface area (Å²) in [4.78, 5) is 12.8. The van der Waals surface area contributed by atoms with E-state index in [9.17, 15) is 4.79 Å². The number of halogens is 1. The third-order valence-electron chi connectivity index (χ3n) is 3.50. The summed E-state index contributed by atoms with van der Waals surface area (Å²) in [6.45, 7) is 1.57. The number of hydrogen-bond acceptors (Lipinski definition) is 3. The second-order valence-corrected chi connectivity index (χ2v) is 5.24. The Hall–Kier alpha value is -1.73. The van der Waals surface area contributed by atoms with Gasteiger partial charge in [0.2, 0.25) is 0 Å². The monoisotopic (exact) mass is 278 g/mol. The Morgan fingerprint density at radius 2 is 2.16 bits per heavy atom. The number of hydrogen-bond donors (Lipinski definition) is 1. The Bertz CT molecular complexity index is 517. The van der Waals surface area contributed by atoms with Crippen LogP contribution >= 0.6 is 11.6 Å². The third kappa shape index (κ3) is 3.39. The van der Waals surface area contributed by atoms with E-state index in [-0.39, 0.29) is 12.3 Å². The van der Waals surface area contributed by atoms with Gasteiger partial charge in [-0.3, -0.25) is 4.79 Å². The molecule has 2 rings (SSSR count). The Balaban J connectivity index is 2.06. The van der Waals surface area contributed by atoms with Crippen molar-refractivity contribution in [2.24, 2.45) is 5.92 Å². The van der Waals surface area contributed by atoms with E-state index in [1.165, 1.54) is 0 Å². The summed E-state index contributed by atoms with van der Waals surface area (Å²) in [7, 11) is 0. The topological polar surface area (TPSA) is 64.3 Å². The normalized spacial score (nSPS) is 16.1. The van der Waals surface area contributed by atoms with Crippen LogP contribution in [0.2, 0.25) is 5.02 Å². The van der Waals surface area contributed by atoms with Crippen molar-refractivity contribution >= 4 is 23.3 Å². The predicted molar refractivity (Wildman–Crippen MR) is 73.4 cm³/mol. The zero-order valence-corrected chi connectivity index (χ0v) is 11.2. The lowest BCUT2D eigenvalue weighted by molar-refractivity contribution is -0.138. The van der Waals surface area contributed by atoms with Gasteiger partial charge in [-0.1, -0.05) is 11.6 Å². The second-order valence-electron chi connectivity index (χ2n) is 4.80. The van der Waals surface area contributed by atoms with Gasteiger partial charge < -0.3 is 10.0 Å². The highest BCUT2D eigenvalue weighted by Crippen LogP contribution is 2.29. The van der Waals surface area contributed by atoms with Gasteiger partial charge in [0.05, 0.1) is 11.3 Å². The number of nitriles is 1. The van der Waals surface area contributed by atoms with Crippen LogP contribution in [-0.4, -0.2) is 24.2 Å². The first-order chi connectivity index (χ1) is 9.10. The smallest absolute Gasteiger partial charge is 0.303 e. The lowest BCUT2D eigenvalue weighted by atomic mass is 9.93. The van der Waals surface area contributed by atoms with Gasteiger partial charge in [-0.25, -0.2) is 0 Å². The Kier molecular flexibility index (Phi) is 4.28. The number of carboxylic acid groups (broad SMARTS) is 1. The maximum atomic E-state index is 10.7. The summed E-state index contributed by atoms with van der Waals surface area (Å²) < 4.78 is 0. The Morgan fingerprint density at radius 3 is 2.74 bits per heavy atom. The lowest BCUT2D eigenvalue weighted by Crippen LogP contribution is -2.34. The van der Waals surface area contributed by atoms with Crippen LogP contribution in [0.5, 0.6) is 0 Å². The molecule has 0 amide bonds. The number of benzene rings is 1. The van der Waals surface area contributed by atoms with E-state index in [2.05, 4.69) is 11.0 Å². The van der Waals surface area contributed by atoms with E-state index < -0.39 is 5.97 Å². The molecule has 1 aliphatic rings. The summed E-state index contributed by atoms with van der Waals surface area (Å²) in [5.74, 6) is -0.491. The largest absolute Gasteiger partial charge is 0.481 e. The van der Waals surface area contributed by atoms with E-state index in [4.69, 9.17) is 22.0 Å². The first-order valence-electron chi connectivity index (χ1n) is 6.26. The fourth-order valence-corrected chi connectivity index (χ4v) is 2.67. The fourth-order valence-electron chi connectivity index (χ4n) is 2.50. The van der Waals surface area contributed by atoms with Gasteiger partial charge in [-0.2, -0.15) is 5.26 Å². The van der Waals surface area contributed by atoms with Gasteiger partial charge in [-0.05, 0) is 37.0 Å². The number of piperidine rings is 1. The number of nitrogens with zero attached hydrogens (tertiary/aromatic N) is 2. The average Bonchev–Trinajstić information content (AvgIpc) is 2.39. The first-order valence-corrected chi connectivity index (χ1v) is 6.64. The zero-order valence-electron chi connectivity index (χ0n) is 10.5. The maximum absolute atomic E-state index is 10.7. The molecule has 19 heavy (non-hydrogen) atoms. The van der Waals surface area contributed by atoms with Crippen LogP contribution in [0, 0.1) is 17.2 Å². The van der Waals surface area contributed by atoms with Gasteiger partial charge in [0.25, 0.3) is 0 Å². The van der Waals surface area contributed by atoms with Crippen molar-refractivity contribution in [1.29, 1.82) is 5.26 Å².